The minimum atomic E-state index is -0.336. The summed E-state index contributed by atoms with van der Waals surface area (Å²) in [6, 6.07) is 3.59. The molecule has 0 atom stereocenters. The highest BCUT2D eigenvalue weighted by atomic mass is 16.1. The average molecular weight is 216 g/mol. The third-order valence-corrected chi connectivity index (χ3v) is 1.66. The molecule has 16 heavy (non-hydrogen) atoms. The number of hydrazone groups is 1. The first-order valence-electron chi connectivity index (χ1n) is 4.46. The van der Waals surface area contributed by atoms with E-state index < -0.39 is 0 Å². The number of anilines is 1. The van der Waals surface area contributed by atoms with E-state index in [9.17, 15) is 4.79 Å². The van der Waals surface area contributed by atoms with E-state index in [0.717, 1.165) is 11.8 Å². The van der Waals surface area contributed by atoms with Gasteiger partial charge in [-0.1, -0.05) is 0 Å². The molecule has 2 aromatic heterocycles. The van der Waals surface area contributed by atoms with Crippen LogP contribution in [0.3, 0.4) is 0 Å². The Morgan fingerprint density at radius 2 is 2.19 bits per heavy atom. The van der Waals surface area contributed by atoms with Crippen LogP contribution in [0.15, 0.2) is 40.6 Å². The van der Waals surface area contributed by atoms with Crippen molar-refractivity contribution in [2.75, 3.05) is 5.43 Å². The number of rotatable bonds is 3. The van der Waals surface area contributed by atoms with Crippen molar-refractivity contribution in [3.63, 3.8) is 0 Å². The van der Waals surface area contributed by atoms with Crippen molar-refractivity contribution in [1.29, 1.82) is 0 Å². The van der Waals surface area contributed by atoms with Gasteiger partial charge in [-0.15, -0.1) is 10.2 Å². The Hall–Kier alpha value is -2.57. The van der Waals surface area contributed by atoms with Gasteiger partial charge in [0, 0.05) is 12.4 Å². The van der Waals surface area contributed by atoms with E-state index >= 15 is 0 Å². The summed E-state index contributed by atoms with van der Waals surface area (Å²) >= 11 is 0. The monoisotopic (exact) mass is 216 g/mol. The normalized spacial score (nSPS) is 10.5. The minimum Gasteiger partial charge on any atom is -0.289 e. The van der Waals surface area contributed by atoms with Gasteiger partial charge >= 0.3 is 0 Å². The molecule has 0 aliphatic rings. The van der Waals surface area contributed by atoms with E-state index in [-0.39, 0.29) is 11.5 Å². The molecule has 2 heterocycles. The maximum Gasteiger partial charge on any atom is 0.271 e. The molecular formula is C9H8N6O. The molecule has 7 heteroatoms. The van der Waals surface area contributed by atoms with E-state index in [0.29, 0.717) is 0 Å². The highest BCUT2D eigenvalue weighted by Crippen LogP contribution is 1.92. The van der Waals surface area contributed by atoms with Crippen LogP contribution in [0.4, 0.5) is 5.95 Å². The molecule has 0 aromatic carbocycles. The first-order chi connectivity index (χ1) is 7.84. The van der Waals surface area contributed by atoms with Crippen LogP contribution in [0.5, 0.6) is 0 Å². The first-order valence-corrected chi connectivity index (χ1v) is 4.46. The summed E-state index contributed by atoms with van der Waals surface area (Å²) in [4.78, 5) is 17.2. The lowest BCUT2D eigenvalue weighted by molar-refractivity contribution is 0.939. The number of hydrogen-bond donors (Lipinski definition) is 2. The largest absolute Gasteiger partial charge is 0.289 e. The predicted octanol–water partition coefficient (Wildman–Crippen LogP) is 0.00590. The van der Waals surface area contributed by atoms with Gasteiger partial charge in [-0.3, -0.25) is 14.8 Å². The number of hydrogen-bond acceptors (Lipinski definition) is 6. The summed E-state index contributed by atoms with van der Waals surface area (Å²) in [6.45, 7) is 0. The zero-order valence-corrected chi connectivity index (χ0v) is 8.16. The Morgan fingerprint density at radius 3 is 2.94 bits per heavy atom. The third kappa shape index (κ3) is 2.71. The van der Waals surface area contributed by atoms with Crippen LogP contribution < -0.4 is 11.0 Å². The summed E-state index contributed by atoms with van der Waals surface area (Å²) in [7, 11) is 0. The summed E-state index contributed by atoms with van der Waals surface area (Å²) in [6.07, 6.45) is 5.98. The van der Waals surface area contributed by atoms with Crippen molar-refractivity contribution < 1.29 is 0 Å². The molecule has 0 spiro atoms. The van der Waals surface area contributed by atoms with E-state index in [1.165, 1.54) is 0 Å². The molecule has 7 nitrogen and oxygen atoms in total. The van der Waals surface area contributed by atoms with E-state index in [1.807, 2.05) is 0 Å². The van der Waals surface area contributed by atoms with Gasteiger partial charge < -0.3 is 0 Å². The molecular weight excluding hydrogens is 208 g/mol. The van der Waals surface area contributed by atoms with E-state index in [1.54, 1.807) is 30.7 Å². The highest BCUT2D eigenvalue weighted by Gasteiger charge is 1.91. The van der Waals surface area contributed by atoms with Crippen LogP contribution in [0, 0.1) is 0 Å². The molecule has 0 fully saturated rings. The third-order valence-electron chi connectivity index (χ3n) is 1.66. The maximum absolute atomic E-state index is 10.9. The van der Waals surface area contributed by atoms with Crippen LogP contribution in [-0.2, 0) is 0 Å². The van der Waals surface area contributed by atoms with E-state index in [4.69, 9.17) is 0 Å². The Morgan fingerprint density at radius 1 is 1.38 bits per heavy atom. The molecule has 0 amide bonds. The Kier molecular flexibility index (Phi) is 2.98. The Balaban J connectivity index is 2.03. The van der Waals surface area contributed by atoms with Gasteiger partial charge in [-0.2, -0.15) is 5.10 Å². The lowest BCUT2D eigenvalue weighted by atomic mass is 10.3. The average Bonchev–Trinajstić information content (AvgIpc) is 2.30. The zero-order chi connectivity index (χ0) is 11.2. The van der Waals surface area contributed by atoms with Gasteiger partial charge in [0.05, 0.1) is 6.21 Å². The van der Waals surface area contributed by atoms with Crippen molar-refractivity contribution in [2.24, 2.45) is 5.10 Å². The summed E-state index contributed by atoms with van der Waals surface area (Å²) < 4.78 is 0. The standard InChI is InChI=1S/C9H8N6O/c16-8-6-12-15-9(13-8)14-11-5-7-1-3-10-4-2-7/h1-6H,(H2,13,14,15,16). The second-order valence-corrected chi connectivity index (χ2v) is 2.83. The van der Waals surface area contributed by atoms with Crippen molar-refractivity contribution in [2.45, 2.75) is 0 Å². The van der Waals surface area contributed by atoms with Gasteiger partial charge in [0.25, 0.3) is 5.56 Å². The predicted molar refractivity (Wildman–Crippen MR) is 58.1 cm³/mol. The van der Waals surface area contributed by atoms with Crippen LogP contribution >= 0.6 is 0 Å². The van der Waals surface area contributed by atoms with Crippen LogP contribution in [-0.4, -0.2) is 26.4 Å². The van der Waals surface area contributed by atoms with Crippen molar-refractivity contribution in [1.82, 2.24) is 20.2 Å². The summed E-state index contributed by atoms with van der Waals surface area (Å²) in [5.41, 5.74) is 3.10. The Bertz CT molecular complexity index is 535. The topological polar surface area (TPSA) is 95.9 Å². The number of aromatic nitrogens is 4. The molecule has 0 saturated heterocycles. The van der Waals surface area contributed by atoms with Gasteiger partial charge in [-0.25, -0.2) is 5.43 Å². The van der Waals surface area contributed by atoms with Crippen molar-refractivity contribution >= 4 is 12.2 Å². The van der Waals surface area contributed by atoms with Crippen LogP contribution in [0.25, 0.3) is 0 Å². The second kappa shape index (κ2) is 4.78. The smallest absolute Gasteiger partial charge is 0.271 e. The highest BCUT2D eigenvalue weighted by molar-refractivity contribution is 5.79. The summed E-state index contributed by atoms with van der Waals surface area (Å²) in [5.74, 6) is 0.192. The van der Waals surface area contributed by atoms with Gasteiger partial charge in [0.2, 0.25) is 5.95 Å². The molecule has 2 aromatic rings. The fourth-order valence-electron chi connectivity index (χ4n) is 0.981. The molecule has 80 valence electrons. The molecule has 2 rings (SSSR count). The minimum absolute atomic E-state index is 0.192. The number of nitrogens with one attached hydrogen (secondary N) is 2. The fraction of sp³-hybridized carbons (Fsp3) is 0. The fourth-order valence-corrected chi connectivity index (χ4v) is 0.981. The van der Waals surface area contributed by atoms with Gasteiger partial charge in [-0.05, 0) is 17.7 Å². The molecule has 0 bridgehead atoms. The lowest BCUT2D eigenvalue weighted by Gasteiger charge is -1.95. The molecule has 0 unspecified atom stereocenters. The van der Waals surface area contributed by atoms with Gasteiger partial charge in [0.1, 0.15) is 6.20 Å². The SMILES string of the molecule is O=c1cnnc(NN=Cc2ccncc2)[nH]1. The molecule has 0 aliphatic carbocycles. The van der Waals surface area contributed by atoms with Crippen LogP contribution in [0.2, 0.25) is 0 Å². The van der Waals surface area contributed by atoms with Crippen LogP contribution in [0.1, 0.15) is 5.56 Å². The van der Waals surface area contributed by atoms with Gasteiger partial charge in [0.15, 0.2) is 0 Å². The van der Waals surface area contributed by atoms with E-state index in [2.05, 4.69) is 30.7 Å². The molecule has 0 saturated carbocycles. The Labute approximate surface area is 90.3 Å². The quantitative estimate of drug-likeness (QED) is 0.556. The lowest BCUT2D eigenvalue weighted by Crippen LogP contribution is -2.10. The van der Waals surface area contributed by atoms with Crippen molar-refractivity contribution in [3.05, 3.63) is 46.6 Å². The maximum atomic E-state index is 10.9. The zero-order valence-electron chi connectivity index (χ0n) is 8.16. The number of aromatic amines is 1. The molecule has 0 radical (unpaired) electrons. The number of pyridine rings is 1. The second-order valence-electron chi connectivity index (χ2n) is 2.83. The molecule has 0 aliphatic heterocycles. The summed E-state index contributed by atoms with van der Waals surface area (Å²) in [5, 5.41) is 11.0. The van der Waals surface area contributed by atoms with Crippen molar-refractivity contribution in [3.8, 4) is 0 Å². The number of nitrogens with zero attached hydrogens (tertiary/aromatic N) is 4. The number of H-pyrrole nitrogens is 1. The first kappa shape index (κ1) is 9.97. The molecule has 2 N–H and O–H groups in total.